The molecule has 1 heterocycles. The van der Waals surface area contributed by atoms with Crippen molar-refractivity contribution in [3.05, 3.63) is 52.1 Å². The molecule has 1 aromatic heterocycles. The smallest absolute Gasteiger partial charge is 0.244 e. The number of furan rings is 1. The normalized spacial score (nSPS) is 11.8. The van der Waals surface area contributed by atoms with Gasteiger partial charge in [0.15, 0.2) is 4.67 Å². The highest BCUT2D eigenvalue weighted by Crippen LogP contribution is 2.25. The van der Waals surface area contributed by atoms with Crippen LogP contribution in [-0.4, -0.2) is 20.1 Å². The van der Waals surface area contributed by atoms with Gasteiger partial charge in [0.1, 0.15) is 23.1 Å². The minimum atomic E-state index is -3.73. The van der Waals surface area contributed by atoms with E-state index in [1.54, 1.807) is 12.1 Å². The van der Waals surface area contributed by atoms with Crippen LogP contribution in [0, 0.1) is 5.82 Å². The van der Waals surface area contributed by atoms with Crippen molar-refractivity contribution in [1.29, 1.82) is 0 Å². The van der Waals surface area contributed by atoms with Crippen LogP contribution in [0.2, 0.25) is 0 Å². The van der Waals surface area contributed by atoms with Gasteiger partial charge < -0.3 is 9.52 Å². The van der Waals surface area contributed by atoms with Gasteiger partial charge in [-0.15, -0.1) is 0 Å². The molecule has 1 aromatic carbocycles. The Morgan fingerprint density at radius 1 is 1.29 bits per heavy atom. The van der Waals surface area contributed by atoms with E-state index in [2.05, 4.69) is 20.7 Å². The minimum Gasteiger partial charge on any atom is -0.450 e. The van der Waals surface area contributed by atoms with E-state index in [0.717, 1.165) is 5.56 Å². The van der Waals surface area contributed by atoms with Gasteiger partial charge in [0.2, 0.25) is 10.0 Å². The number of halogens is 2. The first-order valence-electron chi connectivity index (χ1n) is 6.05. The van der Waals surface area contributed by atoms with Gasteiger partial charge in [0.05, 0.1) is 0 Å². The first-order valence-corrected chi connectivity index (χ1v) is 8.33. The van der Waals surface area contributed by atoms with Crippen molar-refractivity contribution in [3.63, 3.8) is 0 Å². The average Bonchev–Trinajstić information content (AvgIpc) is 2.83. The Labute approximate surface area is 130 Å². The maximum absolute atomic E-state index is 12.8. The summed E-state index contributed by atoms with van der Waals surface area (Å²) in [5, 5.41) is 8.93. The summed E-state index contributed by atoms with van der Waals surface area (Å²) in [6, 6.07) is 7.10. The van der Waals surface area contributed by atoms with Gasteiger partial charge in [0, 0.05) is 12.6 Å². The van der Waals surface area contributed by atoms with Gasteiger partial charge >= 0.3 is 0 Å². The summed E-state index contributed by atoms with van der Waals surface area (Å²) in [7, 11) is -3.73. The van der Waals surface area contributed by atoms with Crippen molar-refractivity contribution in [2.45, 2.75) is 17.9 Å². The van der Waals surface area contributed by atoms with Crippen LogP contribution < -0.4 is 4.72 Å². The van der Waals surface area contributed by atoms with Crippen LogP contribution in [0.1, 0.15) is 11.3 Å². The van der Waals surface area contributed by atoms with Crippen molar-refractivity contribution < 1.29 is 22.3 Å². The Hall–Kier alpha value is -1.22. The van der Waals surface area contributed by atoms with E-state index in [4.69, 9.17) is 9.52 Å². The highest BCUT2D eigenvalue weighted by molar-refractivity contribution is 9.10. The number of nitrogens with one attached hydrogen (secondary N) is 1. The molecule has 114 valence electrons. The molecular formula is C13H13BrFNO4S. The molecule has 2 rings (SSSR count). The minimum absolute atomic E-state index is 0.0424. The van der Waals surface area contributed by atoms with Gasteiger partial charge in [0.25, 0.3) is 0 Å². The molecule has 0 aliphatic rings. The molecule has 8 heteroatoms. The fourth-order valence-electron chi connectivity index (χ4n) is 1.72. The van der Waals surface area contributed by atoms with Gasteiger partial charge in [-0.25, -0.2) is 17.5 Å². The molecule has 0 atom stereocenters. The van der Waals surface area contributed by atoms with E-state index in [9.17, 15) is 12.8 Å². The van der Waals surface area contributed by atoms with E-state index in [1.165, 1.54) is 18.2 Å². The van der Waals surface area contributed by atoms with Gasteiger partial charge in [-0.05, 0) is 40.0 Å². The zero-order chi connectivity index (χ0) is 15.5. The Morgan fingerprint density at radius 2 is 1.95 bits per heavy atom. The van der Waals surface area contributed by atoms with E-state index in [-0.39, 0.29) is 34.3 Å². The number of sulfonamides is 1. The molecule has 0 amide bonds. The van der Waals surface area contributed by atoms with Crippen molar-refractivity contribution in [3.8, 4) is 0 Å². The quantitative estimate of drug-likeness (QED) is 0.808. The summed E-state index contributed by atoms with van der Waals surface area (Å²) in [6.45, 7) is -0.219. The molecule has 0 aliphatic heterocycles. The Balaban J connectivity index is 2.01. The van der Waals surface area contributed by atoms with Crippen molar-refractivity contribution >= 4 is 26.0 Å². The predicted octanol–water partition coefficient (Wildman–Crippen LogP) is 2.19. The lowest BCUT2D eigenvalue weighted by molar-refractivity contribution is 0.245. The Bertz CT molecular complexity index is 712. The zero-order valence-electron chi connectivity index (χ0n) is 10.8. The van der Waals surface area contributed by atoms with Gasteiger partial charge in [-0.1, -0.05) is 12.1 Å². The summed E-state index contributed by atoms with van der Waals surface area (Å²) in [5.74, 6) is -0.182. The molecule has 0 spiro atoms. The molecule has 21 heavy (non-hydrogen) atoms. The van der Waals surface area contributed by atoms with Crippen LogP contribution in [0.15, 0.2) is 44.3 Å². The number of aliphatic hydroxyl groups excluding tert-OH is 1. The monoisotopic (exact) mass is 377 g/mol. The molecule has 0 saturated heterocycles. The first-order chi connectivity index (χ1) is 9.92. The number of hydrogen-bond donors (Lipinski definition) is 2. The maximum atomic E-state index is 12.8. The molecule has 2 aromatic rings. The number of benzene rings is 1. The largest absolute Gasteiger partial charge is 0.450 e. The van der Waals surface area contributed by atoms with E-state index < -0.39 is 10.0 Å². The third-order valence-electron chi connectivity index (χ3n) is 2.77. The fraction of sp³-hybridized carbons (Fsp3) is 0.231. The lowest BCUT2D eigenvalue weighted by Gasteiger charge is -2.05. The van der Waals surface area contributed by atoms with Crippen molar-refractivity contribution in [2.75, 3.05) is 6.54 Å². The molecule has 0 bridgehead atoms. The lowest BCUT2D eigenvalue weighted by Crippen LogP contribution is -2.25. The Kier molecular flexibility index (Phi) is 5.15. The van der Waals surface area contributed by atoms with Crippen molar-refractivity contribution in [2.24, 2.45) is 0 Å². The van der Waals surface area contributed by atoms with Gasteiger partial charge in [-0.2, -0.15) is 0 Å². The summed E-state index contributed by atoms with van der Waals surface area (Å²) in [4.78, 5) is -0.0642. The third kappa shape index (κ3) is 4.13. The van der Waals surface area contributed by atoms with E-state index in [0.29, 0.717) is 6.42 Å². The number of aliphatic hydroxyl groups is 1. The van der Waals surface area contributed by atoms with Crippen LogP contribution in [0.3, 0.4) is 0 Å². The van der Waals surface area contributed by atoms with Crippen molar-refractivity contribution in [1.82, 2.24) is 4.72 Å². The molecule has 0 fully saturated rings. The summed E-state index contributed by atoms with van der Waals surface area (Å²) in [5.41, 5.74) is 0.821. The Morgan fingerprint density at radius 3 is 2.52 bits per heavy atom. The second kappa shape index (κ2) is 6.69. The number of rotatable bonds is 6. The lowest BCUT2D eigenvalue weighted by atomic mass is 10.1. The maximum Gasteiger partial charge on any atom is 0.244 e. The summed E-state index contributed by atoms with van der Waals surface area (Å²) < 4.78 is 44.4. The summed E-state index contributed by atoms with van der Waals surface area (Å²) in [6.07, 6.45) is 0.432. The topological polar surface area (TPSA) is 79.5 Å². The second-order valence-electron chi connectivity index (χ2n) is 4.28. The summed E-state index contributed by atoms with van der Waals surface area (Å²) >= 11 is 3.00. The highest BCUT2D eigenvalue weighted by atomic mass is 79.9. The number of hydrogen-bond acceptors (Lipinski definition) is 4. The van der Waals surface area contributed by atoms with Crippen LogP contribution in [-0.2, 0) is 23.1 Å². The standard InChI is InChI=1S/C13H13BrFNO4S/c14-13-12(7-11(8-17)20-13)21(18,19)16-6-5-9-1-3-10(15)4-2-9/h1-4,7,16-17H,5-6,8H2. The predicted molar refractivity (Wildman–Crippen MR) is 77.6 cm³/mol. The molecular weight excluding hydrogens is 365 g/mol. The van der Waals surface area contributed by atoms with Crippen LogP contribution in [0.25, 0.3) is 0 Å². The highest BCUT2D eigenvalue weighted by Gasteiger charge is 2.21. The first kappa shape index (κ1) is 16.2. The molecule has 0 radical (unpaired) electrons. The zero-order valence-corrected chi connectivity index (χ0v) is 13.2. The third-order valence-corrected chi connectivity index (χ3v) is 5.09. The molecule has 0 aliphatic carbocycles. The molecule has 5 nitrogen and oxygen atoms in total. The molecule has 0 unspecified atom stereocenters. The second-order valence-corrected chi connectivity index (χ2v) is 6.74. The molecule has 2 N–H and O–H groups in total. The van der Waals surface area contributed by atoms with E-state index >= 15 is 0 Å². The fourth-order valence-corrected chi connectivity index (χ4v) is 3.75. The van der Waals surface area contributed by atoms with E-state index in [1.807, 2.05) is 0 Å². The average molecular weight is 378 g/mol. The molecule has 0 saturated carbocycles. The van der Waals surface area contributed by atoms with Crippen LogP contribution >= 0.6 is 15.9 Å². The van der Waals surface area contributed by atoms with Gasteiger partial charge in [-0.3, -0.25) is 0 Å². The SMILES string of the molecule is O=S(=O)(NCCc1ccc(F)cc1)c1cc(CO)oc1Br. The van der Waals surface area contributed by atoms with Crippen LogP contribution in [0.4, 0.5) is 4.39 Å². The van der Waals surface area contributed by atoms with Crippen LogP contribution in [0.5, 0.6) is 0 Å².